The number of anilines is 1. The molecule has 4 heteroatoms. The number of amides is 1. The molecule has 0 atom stereocenters. The Kier molecular flexibility index (Phi) is 6.16. The van der Waals surface area contributed by atoms with Crippen LogP contribution in [0.4, 0.5) is 5.69 Å². The summed E-state index contributed by atoms with van der Waals surface area (Å²) >= 11 is 0. The van der Waals surface area contributed by atoms with Gasteiger partial charge < -0.3 is 5.32 Å². The van der Waals surface area contributed by atoms with Crippen LogP contribution in [0.25, 0.3) is 0 Å². The maximum absolute atomic E-state index is 12.2. The van der Waals surface area contributed by atoms with Crippen LogP contribution in [0.3, 0.4) is 0 Å². The highest BCUT2D eigenvalue weighted by atomic mass is 16.2. The Labute approximate surface area is 133 Å². The van der Waals surface area contributed by atoms with Gasteiger partial charge in [-0.25, -0.2) is 0 Å². The summed E-state index contributed by atoms with van der Waals surface area (Å²) in [5, 5.41) is 3.04. The number of carbonyl (C=O) groups excluding carboxylic acids is 1. The largest absolute Gasteiger partial charge is 0.325 e. The van der Waals surface area contributed by atoms with E-state index in [1.54, 1.807) is 0 Å². The molecule has 1 N–H and O–H groups in total. The molecule has 1 saturated heterocycles. The molecule has 1 aliphatic rings. The van der Waals surface area contributed by atoms with E-state index in [9.17, 15) is 4.79 Å². The third-order valence-electron chi connectivity index (χ3n) is 4.00. The maximum atomic E-state index is 12.2. The van der Waals surface area contributed by atoms with Crippen LogP contribution in [0.5, 0.6) is 0 Å². The van der Waals surface area contributed by atoms with Crippen LogP contribution in [0, 0.1) is 0 Å². The number of piperazine rings is 1. The Balaban J connectivity index is 1.80. The summed E-state index contributed by atoms with van der Waals surface area (Å²) in [4.78, 5) is 16.8. The van der Waals surface area contributed by atoms with Gasteiger partial charge in [-0.05, 0) is 25.0 Å². The van der Waals surface area contributed by atoms with Gasteiger partial charge in [-0.2, -0.15) is 0 Å². The third-order valence-corrected chi connectivity index (χ3v) is 4.00. The summed E-state index contributed by atoms with van der Waals surface area (Å²) in [6, 6.07) is 8.01. The predicted molar refractivity (Wildman–Crippen MR) is 92.1 cm³/mol. The average Bonchev–Trinajstić information content (AvgIpc) is 2.49. The van der Waals surface area contributed by atoms with E-state index in [4.69, 9.17) is 0 Å². The SMILES string of the molecule is C=C(C)CN1CCN(CC(=O)Nc2ccccc2CC)CC1. The molecule has 1 aromatic carbocycles. The molecule has 0 spiro atoms. The van der Waals surface area contributed by atoms with Crippen molar-refractivity contribution in [3.05, 3.63) is 42.0 Å². The smallest absolute Gasteiger partial charge is 0.238 e. The van der Waals surface area contributed by atoms with Crippen LogP contribution in [-0.2, 0) is 11.2 Å². The second-order valence-corrected chi connectivity index (χ2v) is 6.07. The number of para-hydroxylation sites is 1. The minimum Gasteiger partial charge on any atom is -0.325 e. The first-order valence-corrected chi connectivity index (χ1v) is 8.05. The number of nitrogens with zero attached hydrogens (tertiary/aromatic N) is 2. The van der Waals surface area contributed by atoms with E-state index in [1.165, 1.54) is 11.1 Å². The highest BCUT2D eigenvalue weighted by Crippen LogP contribution is 2.15. The zero-order chi connectivity index (χ0) is 15.9. The van der Waals surface area contributed by atoms with E-state index in [2.05, 4.69) is 41.6 Å². The maximum Gasteiger partial charge on any atom is 0.238 e. The number of hydrogen-bond donors (Lipinski definition) is 1. The van der Waals surface area contributed by atoms with E-state index in [0.717, 1.165) is 44.8 Å². The van der Waals surface area contributed by atoms with Crippen LogP contribution in [0.1, 0.15) is 19.4 Å². The molecule has 120 valence electrons. The molecule has 1 fully saturated rings. The van der Waals surface area contributed by atoms with Crippen molar-refractivity contribution in [2.24, 2.45) is 0 Å². The fourth-order valence-electron chi connectivity index (χ4n) is 2.83. The molecule has 0 radical (unpaired) electrons. The van der Waals surface area contributed by atoms with Gasteiger partial charge in [0, 0.05) is 38.4 Å². The first-order valence-electron chi connectivity index (χ1n) is 8.05. The zero-order valence-electron chi connectivity index (χ0n) is 13.8. The Morgan fingerprint density at radius 1 is 1.14 bits per heavy atom. The van der Waals surface area contributed by atoms with E-state index in [1.807, 2.05) is 18.2 Å². The van der Waals surface area contributed by atoms with Crippen LogP contribution in [0.2, 0.25) is 0 Å². The van der Waals surface area contributed by atoms with Crippen LogP contribution < -0.4 is 5.32 Å². The predicted octanol–water partition coefficient (Wildman–Crippen LogP) is 2.38. The lowest BCUT2D eigenvalue weighted by atomic mass is 10.1. The molecule has 0 saturated carbocycles. The molecule has 0 unspecified atom stereocenters. The summed E-state index contributed by atoms with van der Waals surface area (Å²) in [5.41, 5.74) is 3.32. The quantitative estimate of drug-likeness (QED) is 0.820. The number of carbonyl (C=O) groups is 1. The van der Waals surface area contributed by atoms with Crippen LogP contribution in [0.15, 0.2) is 36.4 Å². The van der Waals surface area contributed by atoms with Crippen molar-refractivity contribution >= 4 is 11.6 Å². The molecule has 1 heterocycles. The zero-order valence-corrected chi connectivity index (χ0v) is 13.8. The molecule has 0 aromatic heterocycles. The molecule has 1 amide bonds. The van der Waals surface area contributed by atoms with Gasteiger partial charge in [0.1, 0.15) is 0 Å². The highest BCUT2D eigenvalue weighted by Gasteiger charge is 2.19. The summed E-state index contributed by atoms with van der Waals surface area (Å²) < 4.78 is 0. The van der Waals surface area contributed by atoms with Crippen molar-refractivity contribution in [3.8, 4) is 0 Å². The monoisotopic (exact) mass is 301 g/mol. The van der Waals surface area contributed by atoms with Gasteiger partial charge >= 0.3 is 0 Å². The highest BCUT2D eigenvalue weighted by molar-refractivity contribution is 5.93. The van der Waals surface area contributed by atoms with Crippen molar-refractivity contribution in [3.63, 3.8) is 0 Å². The van der Waals surface area contributed by atoms with E-state index in [0.29, 0.717) is 6.54 Å². The lowest BCUT2D eigenvalue weighted by molar-refractivity contribution is -0.117. The van der Waals surface area contributed by atoms with Gasteiger partial charge in [0.2, 0.25) is 5.91 Å². The lowest BCUT2D eigenvalue weighted by Gasteiger charge is -2.34. The first-order chi connectivity index (χ1) is 10.6. The van der Waals surface area contributed by atoms with Gasteiger partial charge in [0.25, 0.3) is 0 Å². The lowest BCUT2D eigenvalue weighted by Crippen LogP contribution is -2.48. The van der Waals surface area contributed by atoms with Crippen molar-refractivity contribution in [2.45, 2.75) is 20.3 Å². The molecule has 0 aliphatic carbocycles. The van der Waals surface area contributed by atoms with Crippen molar-refractivity contribution in [1.82, 2.24) is 9.80 Å². The minimum atomic E-state index is 0.0780. The van der Waals surface area contributed by atoms with Gasteiger partial charge in [-0.1, -0.05) is 37.3 Å². The molecular formula is C18H27N3O. The Hall–Kier alpha value is -1.65. The Morgan fingerprint density at radius 3 is 2.32 bits per heavy atom. The average molecular weight is 301 g/mol. The molecule has 2 rings (SSSR count). The number of nitrogens with one attached hydrogen (secondary N) is 1. The minimum absolute atomic E-state index is 0.0780. The number of rotatable bonds is 6. The third kappa shape index (κ3) is 4.97. The first kappa shape index (κ1) is 16.7. The number of aryl methyl sites for hydroxylation is 1. The standard InChI is InChI=1S/C18H27N3O/c1-4-16-7-5-6-8-17(16)19-18(22)14-21-11-9-20(10-12-21)13-15(2)3/h5-8H,2,4,9-14H2,1,3H3,(H,19,22). The fraction of sp³-hybridized carbons (Fsp3) is 0.500. The van der Waals surface area contributed by atoms with Crippen molar-refractivity contribution < 1.29 is 4.79 Å². The number of benzene rings is 1. The topological polar surface area (TPSA) is 35.6 Å². The molecule has 22 heavy (non-hydrogen) atoms. The molecule has 4 nitrogen and oxygen atoms in total. The van der Waals surface area contributed by atoms with E-state index in [-0.39, 0.29) is 5.91 Å². The van der Waals surface area contributed by atoms with Gasteiger partial charge in [0.15, 0.2) is 0 Å². The van der Waals surface area contributed by atoms with Crippen molar-refractivity contribution in [1.29, 1.82) is 0 Å². The van der Waals surface area contributed by atoms with Crippen LogP contribution >= 0.6 is 0 Å². The normalized spacial score (nSPS) is 16.5. The summed E-state index contributed by atoms with van der Waals surface area (Å²) in [7, 11) is 0. The fourth-order valence-corrected chi connectivity index (χ4v) is 2.83. The molecule has 0 bridgehead atoms. The van der Waals surface area contributed by atoms with Crippen LogP contribution in [-0.4, -0.2) is 55.0 Å². The molecular weight excluding hydrogens is 274 g/mol. The van der Waals surface area contributed by atoms with E-state index < -0.39 is 0 Å². The Morgan fingerprint density at radius 2 is 1.73 bits per heavy atom. The number of hydrogen-bond acceptors (Lipinski definition) is 3. The summed E-state index contributed by atoms with van der Waals surface area (Å²) in [6.45, 7) is 13.4. The van der Waals surface area contributed by atoms with E-state index >= 15 is 0 Å². The van der Waals surface area contributed by atoms with Gasteiger partial charge in [-0.3, -0.25) is 14.6 Å². The Bertz CT molecular complexity index is 519. The molecule has 1 aromatic rings. The summed E-state index contributed by atoms with van der Waals surface area (Å²) in [6.07, 6.45) is 0.927. The second-order valence-electron chi connectivity index (χ2n) is 6.07. The van der Waals surface area contributed by atoms with Gasteiger partial charge in [0.05, 0.1) is 6.54 Å². The molecule has 1 aliphatic heterocycles. The van der Waals surface area contributed by atoms with Crippen molar-refractivity contribution in [2.75, 3.05) is 44.6 Å². The summed E-state index contributed by atoms with van der Waals surface area (Å²) in [5.74, 6) is 0.0780. The van der Waals surface area contributed by atoms with Gasteiger partial charge in [-0.15, -0.1) is 0 Å². The second kappa shape index (κ2) is 8.11.